The minimum atomic E-state index is -0.563. The average Bonchev–Trinajstić information content (AvgIpc) is 3.32. The Bertz CT molecular complexity index is 962. The molecule has 7 heteroatoms. The third-order valence-corrected chi connectivity index (χ3v) is 5.71. The molecule has 3 rings (SSSR count). The molecule has 0 radical (unpaired) electrons. The van der Waals surface area contributed by atoms with Crippen molar-refractivity contribution in [3.63, 3.8) is 0 Å². The molecule has 6 nitrogen and oxygen atoms in total. The van der Waals surface area contributed by atoms with E-state index in [0.29, 0.717) is 5.56 Å². The van der Waals surface area contributed by atoms with E-state index in [1.54, 1.807) is 6.07 Å². The van der Waals surface area contributed by atoms with Gasteiger partial charge in [-0.1, -0.05) is 31.6 Å². The molecule has 2 heterocycles. The van der Waals surface area contributed by atoms with Crippen molar-refractivity contribution in [3.05, 3.63) is 48.3 Å². The van der Waals surface area contributed by atoms with Gasteiger partial charge in [0.1, 0.15) is 6.04 Å². The number of nitrogens with one attached hydrogen (secondary N) is 2. The molecule has 2 atom stereocenters. The minimum Gasteiger partial charge on any atom is -0.352 e. The maximum atomic E-state index is 12.8. The van der Waals surface area contributed by atoms with Gasteiger partial charge in [-0.25, -0.2) is 4.98 Å². The molecule has 0 aliphatic heterocycles. The fourth-order valence-corrected chi connectivity index (χ4v) is 3.90. The molecule has 2 aromatic heterocycles. The minimum absolute atomic E-state index is 0.0246. The molecule has 0 aliphatic rings. The first-order valence-corrected chi connectivity index (χ1v) is 10.4. The Morgan fingerprint density at radius 1 is 1.14 bits per heavy atom. The molecule has 0 unspecified atom stereocenters. The van der Waals surface area contributed by atoms with Gasteiger partial charge in [0.05, 0.1) is 10.2 Å². The van der Waals surface area contributed by atoms with Crippen LogP contribution in [0.1, 0.15) is 44.5 Å². The van der Waals surface area contributed by atoms with E-state index in [9.17, 15) is 9.59 Å². The van der Waals surface area contributed by atoms with Gasteiger partial charge in [-0.2, -0.15) is 0 Å². The molecule has 148 valence electrons. The lowest BCUT2D eigenvalue weighted by atomic mass is 9.97. The number of carbonyl (C=O) groups excluding carboxylic acids is 2. The number of rotatable bonds is 7. The smallest absolute Gasteiger partial charge is 0.251 e. The molecule has 0 saturated heterocycles. The maximum Gasteiger partial charge on any atom is 0.251 e. The lowest BCUT2D eigenvalue weighted by Gasteiger charge is -2.24. The molecule has 0 aliphatic carbocycles. The molecule has 2 amide bonds. The average molecular weight is 399 g/mol. The van der Waals surface area contributed by atoms with Gasteiger partial charge in [0.25, 0.3) is 5.91 Å². The highest BCUT2D eigenvalue weighted by molar-refractivity contribution is 7.20. The summed E-state index contributed by atoms with van der Waals surface area (Å²) in [5.74, 6) is -0.358. The van der Waals surface area contributed by atoms with E-state index in [1.807, 2.05) is 68.9 Å². The van der Waals surface area contributed by atoms with Crippen LogP contribution in [0.2, 0.25) is 0 Å². The first-order valence-electron chi connectivity index (χ1n) is 9.54. The van der Waals surface area contributed by atoms with Crippen LogP contribution >= 0.6 is 11.3 Å². The van der Waals surface area contributed by atoms with Crippen LogP contribution in [0.4, 0.5) is 0 Å². The molecule has 3 aromatic rings. The van der Waals surface area contributed by atoms with E-state index in [2.05, 4.69) is 15.6 Å². The van der Waals surface area contributed by atoms with Crippen molar-refractivity contribution in [1.29, 1.82) is 0 Å². The van der Waals surface area contributed by atoms with Gasteiger partial charge in [0.15, 0.2) is 5.13 Å². The molecule has 2 N–H and O–H groups in total. The van der Waals surface area contributed by atoms with Gasteiger partial charge < -0.3 is 15.2 Å². The number of hydrogen-bond acceptors (Lipinski definition) is 4. The second-order valence-electron chi connectivity index (χ2n) is 7.27. The normalized spacial score (nSPS) is 13.5. The van der Waals surface area contributed by atoms with Crippen molar-refractivity contribution in [2.75, 3.05) is 0 Å². The van der Waals surface area contributed by atoms with Crippen LogP contribution in [-0.2, 0) is 4.79 Å². The zero-order valence-electron chi connectivity index (χ0n) is 16.6. The highest BCUT2D eigenvalue weighted by atomic mass is 32.1. The van der Waals surface area contributed by atoms with E-state index >= 15 is 0 Å². The van der Waals surface area contributed by atoms with Crippen molar-refractivity contribution in [2.24, 2.45) is 5.92 Å². The summed E-state index contributed by atoms with van der Waals surface area (Å²) in [6.45, 7) is 7.81. The van der Waals surface area contributed by atoms with Crippen molar-refractivity contribution in [3.8, 4) is 5.13 Å². The monoisotopic (exact) mass is 398 g/mol. The van der Waals surface area contributed by atoms with E-state index in [1.165, 1.54) is 11.3 Å². The Hall–Kier alpha value is -2.67. The summed E-state index contributed by atoms with van der Waals surface area (Å²) in [6, 6.07) is 8.79. The highest BCUT2D eigenvalue weighted by Crippen LogP contribution is 2.26. The van der Waals surface area contributed by atoms with Crippen LogP contribution in [0.15, 0.2) is 42.7 Å². The summed E-state index contributed by atoms with van der Waals surface area (Å²) >= 11 is 1.52. The zero-order valence-corrected chi connectivity index (χ0v) is 17.4. The van der Waals surface area contributed by atoms with E-state index < -0.39 is 6.04 Å². The second-order valence-corrected chi connectivity index (χ2v) is 8.28. The van der Waals surface area contributed by atoms with Gasteiger partial charge in [0, 0.05) is 24.0 Å². The summed E-state index contributed by atoms with van der Waals surface area (Å²) in [6.07, 6.45) is 4.68. The number of benzene rings is 1. The fraction of sp³-hybridized carbons (Fsp3) is 0.381. The highest BCUT2D eigenvalue weighted by Gasteiger charge is 2.26. The Kier molecular flexibility index (Phi) is 6.14. The lowest BCUT2D eigenvalue weighted by Crippen LogP contribution is -2.51. The van der Waals surface area contributed by atoms with Crippen molar-refractivity contribution >= 4 is 33.4 Å². The number of amides is 2. The number of aromatic nitrogens is 2. The molecular formula is C21H26N4O2S. The van der Waals surface area contributed by atoms with Gasteiger partial charge in [-0.15, -0.1) is 0 Å². The molecule has 28 heavy (non-hydrogen) atoms. The summed E-state index contributed by atoms with van der Waals surface area (Å²) < 4.78 is 2.88. The molecule has 1 aromatic carbocycles. The number of nitrogens with zero attached hydrogens (tertiary/aromatic N) is 2. The zero-order chi connectivity index (χ0) is 20.3. The Morgan fingerprint density at radius 2 is 1.86 bits per heavy atom. The Morgan fingerprint density at radius 3 is 2.50 bits per heavy atom. The topological polar surface area (TPSA) is 76.0 Å². The molecule has 0 spiro atoms. The summed E-state index contributed by atoms with van der Waals surface area (Å²) in [4.78, 5) is 30.0. The predicted octanol–water partition coefficient (Wildman–Crippen LogP) is 3.76. The van der Waals surface area contributed by atoms with Crippen LogP contribution in [0.25, 0.3) is 15.3 Å². The van der Waals surface area contributed by atoms with Crippen molar-refractivity contribution < 1.29 is 9.59 Å². The molecule has 0 saturated carbocycles. The summed E-state index contributed by atoms with van der Waals surface area (Å²) in [5.41, 5.74) is 1.38. The summed E-state index contributed by atoms with van der Waals surface area (Å²) in [5, 5.41) is 6.67. The third-order valence-electron chi connectivity index (χ3n) is 4.68. The van der Waals surface area contributed by atoms with Crippen LogP contribution in [-0.4, -0.2) is 33.4 Å². The van der Waals surface area contributed by atoms with Crippen LogP contribution in [0, 0.1) is 5.92 Å². The third kappa shape index (κ3) is 4.42. The number of carbonyl (C=O) groups is 2. The van der Waals surface area contributed by atoms with Crippen LogP contribution < -0.4 is 10.6 Å². The second kappa shape index (κ2) is 8.56. The first kappa shape index (κ1) is 20.1. The Balaban J connectivity index is 1.82. The fourth-order valence-electron chi connectivity index (χ4n) is 2.93. The van der Waals surface area contributed by atoms with Gasteiger partial charge in [0.2, 0.25) is 5.91 Å². The predicted molar refractivity (Wildman–Crippen MR) is 113 cm³/mol. The van der Waals surface area contributed by atoms with Crippen molar-refractivity contribution in [2.45, 2.75) is 46.2 Å². The molecular weight excluding hydrogens is 372 g/mol. The Labute approximate surface area is 169 Å². The SMILES string of the molecule is CC[C@H](C)[C@@H](NC(=O)c1ccc2nc(-n3cccc3)sc2c1)C(=O)NC(C)C. The van der Waals surface area contributed by atoms with Gasteiger partial charge >= 0.3 is 0 Å². The summed E-state index contributed by atoms with van der Waals surface area (Å²) in [7, 11) is 0. The quantitative estimate of drug-likeness (QED) is 0.636. The van der Waals surface area contributed by atoms with E-state index in [-0.39, 0.29) is 23.8 Å². The lowest BCUT2D eigenvalue weighted by molar-refractivity contribution is -0.124. The number of fused-ring (bicyclic) bond motifs is 1. The molecule has 0 bridgehead atoms. The largest absolute Gasteiger partial charge is 0.352 e. The van der Waals surface area contributed by atoms with Crippen LogP contribution in [0.5, 0.6) is 0 Å². The number of thiazole rings is 1. The first-order chi connectivity index (χ1) is 13.4. The van der Waals surface area contributed by atoms with E-state index in [0.717, 1.165) is 21.8 Å². The van der Waals surface area contributed by atoms with Gasteiger partial charge in [-0.3, -0.25) is 9.59 Å². The van der Waals surface area contributed by atoms with E-state index in [4.69, 9.17) is 0 Å². The molecule has 0 fully saturated rings. The number of hydrogen-bond donors (Lipinski definition) is 2. The van der Waals surface area contributed by atoms with Crippen molar-refractivity contribution in [1.82, 2.24) is 20.2 Å². The van der Waals surface area contributed by atoms with Gasteiger partial charge in [-0.05, 0) is 50.1 Å². The maximum absolute atomic E-state index is 12.8. The standard InChI is InChI=1S/C21H26N4O2S/c1-5-14(4)18(20(27)22-13(2)3)24-19(26)15-8-9-16-17(12-15)28-21(23-16)25-10-6-7-11-25/h6-14,18H,5H2,1-4H3,(H,22,27)(H,24,26)/t14-,18+/m0/s1. The van der Waals surface area contributed by atoms with Crippen LogP contribution in [0.3, 0.4) is 0 Å².